The van der Waals surface area contributed by atoms with Crippen molar-refractivity contribution < 1.29 is 18.7 Å². The van der Waals surface area contributed by atoms with Gasteiger partial charge in [-0.1, -0.05) is 12.1 Å². The van der Waals surface area contributed by atoms with E-state index < -0.39 is 0 Å². The Bertz CT molecular complexity index is 834. The lowest BCUT2D eigenvalue weighted by Gasteiger charge is -2.53. The fraction of sp³-hybridized carbons (Fsp3) is 0.667. The van der Waals surface area contributed by atoms with Gasteiger partial charge < -0.3 is 20.5 Å². The van der Waals surface area contributed by atoms with Gasteiger partial charge in [-0.15, -0.1) is 0 Å². The Morgan fingerprint density at radius 2 is 1.76 bits per heavy atom. The molecule has 5 nitrogen and oxygen atoms in total. The van der Waals surface area contributed by atoms with Crippen LogP contribution in [0.4, 0.5) is 4.39 Å². The van der Waals surface area contributed by atoms with Crippen LogP contribution in [0.25, 0.3) is 0 Å². The van der Waals surface area contributed by atoms with Crippen molar-refractivity contribution in [2.75, 3.05) is 26.4 Å². The molecule has 0 atom stereocenters. The van der Waals surface area contributed by atoms with Gasteiger partial charge in [-0.05, 0) is 94.2 Å². The maximum absolute atomic E-state index is 13.5. The molecule has 0 aromatic heterocycles. The minimum Gasteiger partial charge on any atom is -0.489 e. The Hall–Kier alpha value is -1.92. The molecule has 4 fully saturated rings. The van der Waals surface area contributed by atoms with Crippen LogP contribution >= 0.6 is 0 Å². The van der Waals surface area contributed by atoms with Gasteiger partial charge in [0.05, 0.1) is 6.33 Å². The van der Waals surface area contributed by atoms with Crippen LogP contribution in [-0.2, 0) is 14.9 Å². The SMILES string of the molecule is CC(C)(NC(=O)C12CCC(c3ccc(OCC(=CF)CN)cc3)(CC1)CC2)C1CCOCC1. The van der Waals surface area contributed by atoms with Gasteiger partial charge in [0.25, 0.3) is 0 Å². The largest absolute Gasteiger partial charge is 0.489 e. The van der Waals surface area contributed by atoms with Crippen molar-refractivity contribution in [1.82, 2.24) is 5.32 Å². The molecule has 6 heteroatoms. The van der Waals surface area contributed by atoms with Crippen molar-refractivity contribution >= 4 is 5.91 Å². The van der Waals surface area contributed by atoms with Gasteiger partial charge in [-0.25, -0.2) is 4.39 Å². The predicted octanol–water partition coefficient (Wildman–Crippen LogP) is 4.79. The third-order valence-electron chi connectivity index (χ3n) is 8.71. The van der Waals surface area contributed by atoms with Crippen LogP contribution in [0, 0.1) is 11.3 Å². The van der Waals surface area contributed by atoms with Gasteiger partial charge in [-0.2, -0.15) is 0 Å². The highest BCUT2D eigenvalue weighted by molar-refractivity contribution is 5.84. The zero-order valence-electron chi connectivity index (χ0n) is 20.1. The first-order chi connectivity index (χ1) is 15.8. The molecular weight excluding hydrogens is 419 g/mol. The summed E-state index contributed by atoms with van der Waals surface area (Å²) >= 11 is 0. The highest BCUT2D eigenvalue weighted by Gasteiger charge is 2.53. The maximum Gasteiger partial charge on any atom is 0.226 e. The number of amides is 1. The standard InChI is InChI=1S/C27H39FN2O3/c1-25(2,21-7-15-32-16-8-21)30-24(31)27-12-9-26(10-13-27,11-14-27)22-3-5-23(6-4-22)33-19-20(17-28)18-29/h3-6,17,21H,7-16,18-19,29H2,1-2H3,(H,30,31). The summed E-state index contributed by atoms with van der Waals surface area (Å²) in [4.78, 5) is 13.5. The first kappa shape index (κ1) is 24.2. The summed E-state index contributed by atoms with van der Waals surface area (Å²) in [5.74, 6) is 1.45. The summed E-state index contributed by atoms with van der Waals surface area (Å²) in [5.41, 5.74) is 6.99. The summed E-state index contributed by atoms with van der Waals surface area (Å²) < 4.78 is 23.9. The fourth-order valence-electron chi connectivity index (χ4n) is 6.12. The van der Waals surface area contributed by atoms with E-state index in [0.29, 0.717) is 17.8 Å². The Kier molecular flexibility index (Phi) is 7.15. The maximum atomic E-state index is 13.5. The third kappa shape index (κ3) is 4.97. The molecule has 3 saturated carbocycles. The first-order valence-electron chi connectivity index (χ1n) is 12.4. The van der Waals surface area contributed by atoms with Crippen molar-refractivity contribution in [3.8, 4) is 5.75 Å². The molecule has 0 radical (unpaired) electrons. The molecule has 33 heavy (non-hydrogen) atoms. The van der Waals surface area contributed by atoms with Gasteiger partial charge >= 0.3 is 0 Å². The van der Waals surface area contributed by atoms with Crippen LogP contribution in [0.15, 0.2) is 36.2 Å². The molecule has 5 rings (SSSR count). The summed E-state index contributed by atoms with van der Waals surface area (Å²) in [6.07, 6.45) is 8.51. The van der Waals surface area contributed by atoms with Crippen LogP contribution in [-0.4, -0.2) is 37.8 Å². The fourth-order valence-corrected chi connectivity index (χ4v) is 6.12. The average molecular weight is 459 g/mol. The number of nitrogens with two attached hydrogens (primary N) is 1. The van der Waals surface area contributed by atoms with Crippen molar-refractivity contribution in [3.05, 3.63) is 41.7 Å². The van der Waals surface area contributed by atoms with Crippen molar-refractivity contribution in [1.29, 1.82) is 0 Å². The quantitative estimate of drug-likeness (QED) is 0.587. The number of carbonyl (C=O) groups is 1. The predicted molar refractivity (Wildman–Crippen MR) is 128 cm³/mol. The zero-order valence-corrected chi connectivity index (χ0v) is 20.1. The van der Waals surface area contributed by atoms with Crippen molar-refractivity contribution in [3.63, 3.8) is 0 Å². The lowest BCUT2D eigenvalue weighted by atomic mass is 9.51. The number of hydrogen-bond acceptors (Lipinski definition) is 4. The summed E-state index contributed by atoms with van der Waals surface area (Å²) in [5, 5.41) is 3.45. The van der Waals surface area contributed by atoms with Crippen LogP contribution < -0.4 is 15.8 Å². The van der Waals surface area contributed by atoms with Crippen molar-refractivity contribution in [2.24, 2.45) is 17.1 Å². The molecule has 2 bridgehead atoms. The number of rotatable bonds is 8. The number of hydrogen-bond donors (Lipinski definition) is 2. The molecule has 182 valence electrons. The number of ether oxygens (including phenoxy) is 2. The van der Waals surface area contributed by atoms with E-state index in [1.807, 2.05) is 12.1 Å². The second kappa shape index (κ2) is 9.75. The minimum atomic E-state index is -0.218. The first-order valence-corrected chi connectivity index (χ1v) is 12.4. The molecule has 0 spiro atoms. The zero-order chi connectivity index (χ0) is 23.5. The smallest absolute Gasteiger partial charge is 0.226 e. The number of benzene rings is 1. The highest BCUT2D eigenvalue weighted by Crippen LogP contribution is 2.58. The van der Waals surface area contributed by atoms with Gasteiger partial charge in [0.1, 0.15) is 12.4 Å². The monoisotopic (exact) mass is 458 g/mol. The molecule has 1 saturated heterocycles. The van der Waals surface area contributed by atoms with E-state index >= 15 is 0 Å². The van der Waals surface area contributed by atoms with Crippen LogP contribution in [0.5, 0.6) is 5.75 Å². The van der Waals surface area contributed by atoms with E-state index in [1.54, 1.807) is 0 Å². The van der Waals surface area contributed by atoms with E-state index in [2.05, 4.69) is 31.3 Å². The van der Waals surface area contributed by atoms with E-state index in [0.717, 1.165) is 70.3 Å². The Balaban J connectivity index is 1.37. The molecule has 1 aliphatic heterocycles. The van der Waals surface area contributed by atoms with Gasteiger partial charge in [-0.3, -0.25) is 4.79 Å². The summed E-state index contributed by atoms with van der Waals surface area (Å²) in [6.45, 7) is 6.26. The molecule has 1 amide bonds. The van der Waals surface area contributed by atoms with E-state index in [4.69, 9.17) is 15.2 Å². The Labute approximate surface area is 197 Å². The molecule has 4 aliphatic rings. The topological polar surface area (TPSA) is 73.6 Å². The van der Waals surface area contributed by atoms with Crippen LogP contribution in [0.2, 0.25) is 0 Å². The number of fused-ring (bicyclic) bond motifs is 3. The van der Waals surface area contributed by atoms with Crippen LogP contribution in [0.3, 0.4) is 0 Å². The number of halogens is 1. The normalized spacial score (nSPS) is 28.5. The molecule has 3 N–H and O–H groups in total. The number of carbonyl (C=O) groups excluding carboxylic acids is 1. The molecule has 0 unspecified atom stereocenters. The lowest BCUT2D eigenvalue weighted by Crippen LogP contribution is -2.58. The Morgan fingerprint density at radius 3 is 2.30 bits per heavy atom. The van der Waals surface area contributed by atoms with Gasteiger partial charge in [0.15, 0.2) is 0 Å². The molecule has 1 aromatic carbocycles. The third-order valence-corrected chi connectivity index (χ3v) is 8.71. The van der Waals surface area contributed by atoms with Crippen molar-refractivity contribution in [2.45, 2.75) is 76.2 Å². The molecular formula is C27H39FN2O3. The Morgan fingerprint density at radius 1 is 1.15 bits per heavy atom. The average Bonchev–Trinajstić information content (AvgIpc) is 2.86. The van der Waals surface area contributed by atoms with Crippen LogP contribution in [0.1, 0.15) is 70.8 Å². The van der Waals surface area contributed by atoms with Gasteiger partial charge in [0, 0.05) is 36.3 Å². The summed E-state index contributed by atoms with van der Waals surface area (Å²) in [7, 11) is 0. The second-order valence-electron chi connectivity index (χ2n) is 10.9. The molecule has 1 heterocycles. The van der Waals surface area contributed by atoms with E-state index in [9.17, 15) is 9.18 Å². The summed E-state index contributed by atoms with van der Waals surface area (Å²) in [6, 6.07) is 8.22. The van der Waals surface area contributed by atoms with Gasteiger partial charge in [0.2, 0.25) is 5.91 Å². The second-order valence-corrected chi connectivity index (χ2v) is 10.9. The molecule has 3 aliphatic carbocycles. The lowest BCUT2D eigenvalue weighted by molar-refractivity contribution is -0.140. The highest BCUT2D eigenvalue weighted by atomic mass is 19.1. The van der Waals surface area contributed by atoms with E-state index in [-0.39, 0.29) is 35.4 Å². The van der Waals surface area contributed by atoms with E-state index in [1.165, 1.54) is 5.56 Å². The number of nitrogens with one attached hydrogen (secondary N) is 1. The molecule has 1 aromatic rings. The minimum absolute atomic E-state index is 0.151.